The van der Waals surface area contributed by atoms with Gasteiger partial charge in [-0.3, -0.25) is 4.98 Å². The van der Waals surface area contributed by atoms with Crippen LogP contribution in [0.15, 0.2) is 29.6 Å². The molecule has 0 saturated carbocycles. The SMILES string of the molecule is Cc1cnc(C2(CF)CC(N3C[C@@H](NS(C)(=O)=O)C(F)(F)C3)=NO2)c(-c2c(F)cccc2F)n1. The summed E-state index contributed by atoms with van der Waals surface area (Å²) in [5.41, 5.74) is -2.77. The normalized spacial score (nSPS) is 24.3. The minimum Gasteiger partial charge on any atom is -0.378 e. The van der Waals surface area contributed by atoms with Crippen molar-refractivity contribution in [2.24, 2.45) is 5.16 Å². The predicted molar refractivity (Wildman–Crippen MR) is 111 cm³/mol. The lowest BCUT2D eigenvalue weighted by Gasteiger charge is -2.25. The summed E-state index contributed by atoms with van der Waals surface area (Å²) < 4.78 is 97.1. The molecule has 184 valence electrons. The molecule has 8 nitrogen and oxygen atoms in total. The number of rotatable bonds is 5. The molecule has 1 fully saturated rings. The summed E-state index contributed by atoms with van der Waals surface area (Å²) in [6, 6.07) is 1.44. The van der Waals surface area contributed by atoms with Gasteiger partial charge in [0.2, 0.25) is 15.6 Å². The van der Waals surface area contributed by atoms with Crippen LogP contribution < -0.4 is 4.72 Å². The molecule has 2 atom stereocenters. The molecule has 2 aromatic rings. The molecule has 3 heterocycles. The fourth-order valence-electron chi connectivity index (χ4n) is 3.96. The van der Waals surface area contributed by atoms with Crippen LogP contribution in [0, 0.1) is 18.6 Å². The third-order valence-electron chi connectivity index (χ3n) is 5.55. The standard InChI is InChI=1S/C20H20F5N5O3S/c1-11-7-26-18(17(27-11)16-12(22)4-3-5-13(16)23)19(9-21)6-15(28-33-19)30-8-14(20(24,25)10-30)29-34(2,31)32/h3-5,7,14,29H,6,8-10H2,1-2H3/t14-,19?/m1/s1. The minimum atomic E-state index is -3.92. The zero-order valence-electron chi connectivity index (χ0n) is 18.0. The van der Waals surface area contributed by atoms with E-state index in [1.807, 2.05) is 4.72 Å². The molecule has 0 spiro atoms. The van der Waals surface area contributed by atoms with Gasteiger partial charge in [-0.2, -0.15) is 0 Å². The van der Waals surface area contributed by atoms with Gasteiger partial charge in [0.15, 0.2) is 0 Å². The number of oxime groups is 1. The van der Waals surface area contributed by atoms with Crippen LogP contribution >= 0.6 is 0 Å². The summed E-state index contributed by atoms with van der Waals surface area (Å²) in [5.74, 6) is -5.43. The van der Waals surface area contributed by atoms with Crippen LogP contribution in [0.4, 0.5) is 22.0 Å². The number of sulfonamides is 1. The molecule has 1 saturated heterocycles. The average Bonchev–Trinajstić information content (AvgIpc) is 3.29. The number of alkyl halides is 3. The molecular weight excluding hydrogens is 485 g/mol. The second-order valence-corrected chi connectivity index (χ2v) is 10.1. The topological polar surface area (TPSA) is 96.8 Å². The summed E-state index contributed by atoms with van der Waals surface area (Å²) in [7, 11) is -3.92. The first-order chi connectivity index (χ1) is 15.8. The van der Waals surface area contributed by atoms with E-state index >= 15 is 0 Å². The van der Waals surface area contributed by atoms with Crippen molar-refractivity contribution >= 4 is 15.9 Å². The number of aromatic nitrogens is 2. The van der Waals surface area contributed by atoms with Gasteiger partial charge in [-0.25, -0.2) is 40.1 Å². The Hall–Kier alpha value is -2.87. The van der Waals surface area contributed by atoms with Gasteiger partial charge in [0.25, 0.3) is 5.92 Å². The number of hydrogen-bond acceptors (Lipinski definition) is 7. The van der Waals surface area contributed by atoms with Crippen molar-refractivity contribution in [1.82, 2.24) is 19.6 Å². The molecule has 1 aromatic carbocycles. The summed E-state index contributed by atoms with van der Waals surface area (Å²) in [5, 5.41) is 3.75. The molecule has 0 amide bonds. The Labute approximate surface area is 191 Å². The van der Waals surface area contributed by atoms with Crippen LogP contribution in [-0.4, -0.2) is 67.1 Å². The lowest BCUT2D eigenvalue weighted by Crippen LogP contribution is -2.46. The van der Waals surface area contributed by atoms with Crippen LogP contribution in [0.5, 0.6) is 0 Å². The lowest BCUT2D eigenvalue weighted by molar-refractivity contribution is -0.0437. The van der Waals surface area contributed by atoms with E-state index < -0.39 is 71.0 Å². The molecule has 0 aliphatic carbocycles. The number of amidine groups is 1. The van der Waals surface area contributed by atoms with Crippen molar-refractivity contribution in [2.45, 2.75) is 30.9 Å². The van der Waals surface area contributed by atoms with Crippen molar-refractivity contribution in [3.05, 3.63) is 47.4 Å². The maximum atomic E-state index is 14.5. The van der Waals surface area contributed by atoms with Gasteiger partial charge in [0.1, 0.15) is 41.6 Å². The largest absolute Gasteiger partial charge is 0.378 e. The molecule has 34 heavy (non-hydrogen) atoms. The van der Waals surface area contributed by atoms with Crippen molar-refractivity contribution < 1.29 is 35.2 Å². The van der Waals surface area contributed by atoms with E-state index in [0.717, 1.165) is 29.4 Å². The highest BCUT2D eigenvalue weighted by molar-refractivity contribution is 7.88. The second-order valence-electron chi connectivity index (χ2n) is 8.29. The van der Waals surface area contributed by atoms with E-state index in [9.17, 15) is 30.4 Å². The summed E-state index contributed by atoms with van der Waals surface area (Å²) in [6.45, 7) is -1.06. The fourth-order valence-corrected chi connectivity index (χ4v) is 4.73. The highest BCUT2D eigenvalue weighted by Gasteiger charge is 2.54. The Bertz CT molecular complexity index is 1240. The lowest BCUT2D eigenvalue weighted by atomic mass is 9.91. The highest BCUT2D eigenvalue weighted by Crippen LogP contribution is 2.42. The van der Waals surface area contributed by atoms with Gasteiger partial charge in [-0.1, -0.05) is 11.2 Å². The Morgan fingerprint density at radius 1 is 1.26 bits per heavy atom. The monoisotopic (exact) mass is 505 g/mol. The van der Waals surface area contributed by atoms with E-state index in [0.29, 0.717) is 5.69 Å². The molecular formula is C20H20F5N5O3S. The van der Waals surface area contributed by atoms with E-state index in [-0.39, 0.29) is 17.2 Å². The molecule has 4 rings (SSSR count). The zero-order chi connectivity index (χ0) is 24.9. The Kier molecular flexibility index (Phi) is 6.00. The molecule has 1 aromatic heterocycles. The maximum Gasteiger partial charge on any atom is 0.282 e. The molecule has 1 N–H and O–H groups in total. The van der Waals surface area contributed by atoms with E-state index in [1.165, 1.54) is 13.1 Å². The molecule has 14 heteroatoms. The van der Waals surface area contributed by atoms with E-state index in [1.54, 1.807) is 0 Å². The van der Waals surface area contributed by atoms with Gasteiger partial charge in [0, 0.05) is 12.7 Å². The van der Waals surface area contributed by atoms with Crippen molar-refractivity contribution in [3.8, 4) is 11.3 Å². The third kappa shape index (κ3) is 4.43. The Balaban J connectivity index is 1.68. The quantitative estimate of drug-likeness (QED) is 0.628. The number of benzene rings is 1. The van der Waals surface area contributed by atoms with E-state index in [2.05, 4.69) is 15.1 Å². The van der Waals surface area contributed by atoms with Crippen LogP contribution in [0.25, 0.3) is 11.3 Å². The first-order valence-corrected chi connectivity index (χ1v) is 11.9. The highest BCUT2D eigenvalue weighted by atomic mass is 32.2. The molecule has 0 bridgehead atoms. The third-order valence-corrected chi connectivity index (χ3v) is 6.26. The summed E-state index contributed by atoms with van der Waals surface area (Å²) in [6.07, 6.45) is 1.62. The van der Waals surface area contributed by atoms with Crippen molar-refractivity contribution in [1.29, 1.82) is 0 Å². The van der Waals surface area contributed by atoms with Crippen LogP contribution in [0.3, 0.4) is 0 Å². The number of hydrogen-bond donors (Lipinski definition) is 1. The molecule has 0 radical (unpaired) electrons. The number of nitrogens with zero attached hydrogens (tertiary/aromatic N) is 4. The van der Waals surface area contributed by atoms with Crippen molar-refractivity contribution in [3.63, 3.8) is 0 Å². The van der Waals surface area contributed by atoms with Gasteiger partial charge < -0.3 is 9.74 Å². The first kappa shape index (κ1) is 24.3. The Morgan fingerprint density at radius 2 is 1.94 bits per heavy atom. The minimum absolute atomic E-state index is 0.0857. The number of likely N-dealkylation sites (tertiary alicyclic amines) is 1. The summed E-state index contributed by atoms with van der Waals surface area (Å²) in [4.78, 5) is 14.7. The van der Waals surface area contributed by atoms with Gasteiger partial charge >= 0.3 is 0 Å². The number of aryl methyl sites for hydroxylation is 1. The molecule has 2 aliphatic rings. The van der Waals surface area contributed by atoms with Crippen LogP contribution in [0.2, 0.25) is 0 Å². The molecule has 1 unspecified atom stereocenters. The fraction of sp³-hybridized carbons (Fsp3) is 0.450. The van der Waals surface area contributed by atoms with Crippen LogP contribution in [0.1, 0.15) is 17.8 Å². The smallest absolute Gasteiger partial charge is 0.282 e. The van der Waals surface area contributed by atoms with Crippen molar-refractivity contribution in [2.75, 3.05) is 26.0 Å². The first-order valence-electron chi connectivity index (χ1n) is 10.0. The summed E-state index contributed by atoms with van der Waals surface area (Å²) >= 11 is 0. The number of halogens is 5. The predicted octanol–water partition coefficient (Wildman–Crippen LogP) is 2.50. The Morgan fingerprint density at radius 3 is 2.56 bits per heavy atom. The van der Waals surface area contributed by atoms with Crippen LogP contribution in [-0.2, 0) is 20.5 Å². The van der Waals surface area contributed by atoms with Gasteiger partial charge in [0.05, 0.1) is 30.5 Å². The number of nitrogens with one attached hydrogen (secondary N) is 1. The van der Waals surface area contributed by atoms with Gasteiger partial charge in [-0.15, -0.1) is 0 Å². The second kappa shape index (κ2) is 8.41. The molecule has 2 aliphatic heterocycles. The maximum absolute atomic E-state index is 14.5. The van der Waals surface area contributed by atoms with Gasteiger partial charge in [-0.05, 0) is 19.1 Å². The van der Waals surface area contributed by atoms with E-state index in [4.69, 9.17) is 4.84 Å². The zero-order valence-corrected chi connectivity index (χ0v) is 18.8. The average molecular weight is 505 g/mol.